The SMILES string of the molecule is O=C(N[C@@H](COCc1ccccc1)C(=O)O)c1cc2cc(O)ccc2o1. The summed E-state index contributed by atoms with van der Waals surface area (Å²) in [7, 11) is 0. The molecule has 0 aliphatic carbocycles. The highest BCUT2D eigenvalue weighted by Crippen LogP contribution is 2.23. The first-order chi connectivity index (χ1) is 12.5. The van der Waals surface area contributed by atoms with E-state index < -0.39 is 17.9 Å². The van der Waals surface area contributed by atoms with Gasteiger partial charge in [0, 0.05) is 5.39 Å². The molecule has 0 saturated heterocycles. The van der Waals surface area contributed by atoms with Crippen LogP contribution in [0.15, 0.2) is 59.0 Å². The van der Waals surface area contributed by atoms with Gasteiger partial charge in [-0.1, -0.05) is 30.3 Å². The third-order valence-electron chi connectivity index (χ3n) is 3.72. The van der Waals surface area contributed by atoms with Crippen molar-refractivity contribution in [3.05, 3.63) is 65.9 Å². The summed E-state index contributed by atoms with van der Waals surface area (Å²) in [4.78, 5) is 23.6. The Bertz CT molecular complexity index is 918. The Labute approximate surface area is 148 Å². The van der Waals surface area contributed by atoms with Crippen LogP contribution in [0.3, 0.4) is 0 Å². The molecule has 0 fully saturated rings. The monoisotopic (exact) mass is 355 g/mol. The van der Waals surface area contributed by atoms with Crippen LogP contribution in [0, 0.1) is 0 Å². The van der Waals surface area contributed by atoms with E-state index in [2.05, 4.69) is 5.32 Å². The zero-order valence-electron chi connectivity index (χ0n) is 13.7. The van der Waals surface area contributed by atoms with Crippen molar-refractivity contribution in [2.45, 2.75) is 12.6 Å². The lowest BCUT2D eigenvalue weighted by atomic mass is 10.2. The van der Waals surface area contributed by atoms with Gasteiger partial charge in [0.2, 0.25) is 0 Å². The maximum Gasteiger partial charge on any atom is 0.328 e. The molecule has 26 heavy (non-hydrogen) atoms. The molecule has 1 atom stereocenters. The van der Waals surface area contributed by atoms with E-state index in [4.69, 9.17) is 9.15 Å². The molecule has 0 unspecified atom stereocenters. The number of rotatable bonds is 7. The van der Waals surface area contributed by atoms with Gasteiger partial charge in [-0.15, -0.1) is 0 Å². The van der Waals surface area contributed by atoms with Gasteiger partial charge >= 0.3 is 5.97 Å². The van der Waals surface area contributed by atoms with Gasteiger partial charge < -0.3 is 24.7 Å². The molecule has 7 nitrogen and oxygen atoms in total. The van der Waals surface area contributed by atoms with E-state index in [1.807, 2.05) is 30.3 Å². The third-order valence-corrected chi connectivity index (χ3v) is 3.72. The molecule has 0 bridgehead atoms. The van der Waals surface area contributed by atoms with Crippen LogP contribution in [0.2, 0.25) is 0 Å². The quantitative estimate of drug-likeness (QED) is 0.601. The van der Waals surface area contributed by atoms with Crippen molar-refractivity contribution in [3.63, 3.8) is 0 Å². The third kappa shape index (κ3) is 4.20. The number of phenolic OH excluding ortho intramolecular Hbond substituents is 1. The van der Waals surface area contributed by atoms with Gasteiger partial charge in [0.1, 0.15) is 11.3 Å². The molecule has 0 aliphatic heterocycles. The van der Waals surface area contributed by atoms with Crippen molar-refractivity contribution >= 4 is 22.8 Å². The number of carboxylic acid groups (broad SMARTS) is 1. The highest BCUT2D eigenvalue weighted by atomic mass is 16.5. The minimum atomic E-state index is -1.21. The largest absolute Gasteiger partial charge is 0.508 e. The number of fused-ring (bicyclic) bond motifs is 1. The molecule has 0 saturated carbocycles. The van der Waals surface area contributed by atoms with Crippen LogP contribution >= 0.6 is 0 Å². The summed E-state index contributed by atoms with van der Waals surface area (Å²) in [5, 5.41) is 21.7. The molecular formula is C19H17NO6. The van der Waals surface area contributed by atoms with Crippen molar-refractivity contribution in [1.82, 2.24) is 5.32 Å². The molecule has 134 valence electrons. The molecule has 0 radical (unpaired) electrons. The standard InChI is InChI=1S/C19H17NO6/c21-14-6-7-16-13(8-14)9-17(26-16)18(22)20-15(19(23)24)11-25-10-12-4-2-1-3-5-12/h1-9,15,21H,10-11H2,(H,20,22)(H,23,24)/t15-/m0/s1. The maximum atomic E-state index is 12.3. The summed E-state index contributed by atoms with van der Waals surface area (Å²) in [5.41, 5.74) is 1.32. The smallest absolute Gasteiger partial charge is 0.328 e. The van der Waals surface area contributed by atoms with Gasteiger partial charge in [0.15, 0.2) is 11.8 Å². The normalized spacial score (nSPS) is 12.0. The van der Waals surface area contributed by atoms with Crippen LogP contribution in [0.1, 0.15) is 16.1 Å². The number of ether oxygens (including phenoxy) is 1. The molecule has 0 spiro atoms. The fraction of sp³-hybridized carbons (Fsp3) is 0.158. The molecular weight excluding hydrogens is 338 g/mol. The Hall–Kier alpha value is -3.32. The molecule has 0 aliphatic rings. The van der Waals surface area contributed by atoms with Gasteiger partial charge in [0.05, 0.1) is 13.2 Å². The van der Waals surface area contributed by atoms with E-state index >= 15 is 0 Å². The Kier molecular flexibility index (Phi) is 5.19. The van der Waals surface area contributed by atoms with Crippen LogP contribution in [-0.4, -0.2) is 34.7 Å². The molecule has 1 aromatic heterocycles. The minimum Gasteiger partial charge on any atom is -0.508 e. The summed E-state index contributed by atoms with van der Waals surface area (Å²) < 4.78 is 10.8. The number of aliphatic carboxylic acids is 1. The second-order valence-electron chi connectivity index (χ2n) is 5.70. The van der Waals surface area contributed by atoms with Gasteiger partial charge in [-0.2, -0.15) is 0 Å². The second kappa shape index (κ2) is 7.71. The number of carbonyl (C=O) groups excluding carboxylic acids is 1. The molecule has 3 rings (SSSR count). The molecule has 2 aromatic carbocycles. The zero-order chi connectivity index (χ0) is 18.5. The number of benzene rings is 2. The van der Waals surface area contributed by atoms with Crippen LogP contribution in [0.4, 0.5) is 0 Å². The summed E-state index contributed by atoms with van der Waals surface area (Å²) >= 11 is 0. The molecule has 1 amide bonds. The Morgan fingerprint density at radius 2 is 1.88 bits per heavy atom. The number of nitrogens with one attached hydrogen (secondary N) is 1. The number of hydrogen-bond acceptors (Lipinski definition) is 5. The molecule has 1 heterocycles. The first kappa shape index (κ1) is 17.5. The van der Waals surface area contributed by atoms with Gasteiger partial charge in [0.25, 0.3) is 5.91 Å². The lowest BCUT2D eigenvalue weighted by Gasteiger charge is -2.14. The van der Waals surface area contributed by atoms with E-state index in [1.165, 1.54) is 24.3 Å². The summed E-state index contributed by atoms with van der Waals surface area (Å²) in [6.07, 6.45) is 0. The highest BCUT2D eigenvalue weighted by molar-refractivity contribution is 5.98. The Balaban J connectivity index is 1.62. The van der Waals surface area contributed by atoms with E-state index in [1.54, 1.807) is 0 Å². The fourth-order valence-corrected chi connectivity index (χ4v) is 2.42. The first-order valence-electron chi connectivity index (χ1n) is 7.91. The molecule has 7 heteroatoms. The van der Waals surface area contributed by atoms with E-state index in [9.17, 15) is 19.8 Å². The van der Waals surface area contributed by atoms with Crippen molar-refractivity contribution in [1.29, 1.82) is 0 Å². The van der Waals surface area contributed by atoms with Crippen LogP contribution < -0.4 is 5.32 Å². The summed E-state index contributed by atoms with van der Waals surface area (Å²) in [6, 6.07) is 13.9. The maximum absolute atomic E-state index is 12.3. The average Bonchev–Trinajstić information content (AvgIpc) is 3.04. The topological polar surface area (TPSA) is 109 Å². The predicted octanol–water partition coefficient (Wildman–Crippen LogP) is 2.54. The number of furan rings is 1. The highest BCUT2D eigenvalue weighted by Gasteiger charge is 2.23. The Morgan fingerprint density at radius 3 is 2.62 bits per heavy atom. The number of phenols is 1. The summed E-state index contributed by atoms with van der Waals surface area (Å²) in [6.45, 7) is 0.0569. The van der Waals surface area contributed by atoms with Crippen LogP contribution in [0.25, 0.3) is 11.0 Å². The van der Waals surface area contributed by atoms with Crippen molar-refractivity contribution in [2.24, 2.45) is 0 Å². The summed E-state index contributed by atoms with van der Waals surface area (Å²) in [5.74, 6) is -1.88. The number of aromatic hydroxyl groups is 1. The van der Waals surface area contributed by atoms with E-state index in [0.29, 0.717) is 11.0 Å². The predicted molar refractivity (Wildman–Crippen MR) is 92.9 cm³/mol. The van der Waals surface area contributed by atoms with Gasteiger partial charge in [-0.3, -0.25) is 4.79 Å². The molecule has 3 aromatic rings. The lowest BCUT2D eigenvalue weighted by molar-refractivity contribution is -0.141. The van der Waals surface area contributed by atoms with Crippen LogP contribution in [-0.2, 0) is 16.1 Å². The first-order valence-corrected chi connectivity index (χ1v) is 7.91. The van der Waals surface area contributed by atoms with E-state index in [0.717, 1.165) is 5.56 Å². The Morgan fingerprint density at radius 1 is 1.12 bits per heavy atom. The van der Waals surface area contributed by atoms with Crippen molar-refractivity contribution in [3.8, 4) is 5.75 Å². The van der Waals surface area contributed by atoms with Gasteiger partial charge in [-0.25, -0.2) is 4.79 Å². The lowest BCUT2D eigenvalue weighted by Crippen LogP contribution is -2.43. The number of carboxylic acids is 1. The number of carbonyl (C=O) groups is 2. The van der Waals surface area contributed by atoms with E-state index in [-0.39, 0.29) is 24.7 Å². The fourth-order valence-electron chi connectivity index (χ4n) is 2.42. The number of hydrogen-bond donors (Lipinski definition) is 3. The minimum absolute atomic E-state index is 0.0418. The van der Waals surface area contributed by atoms with Crippen molar-refractivity contribution in [2.75, 3.05) is 6.61 Å². The van der Waals surface area contributed by atoms with Crippen molar-refractivity contribution < 1.29 is 29.0 Å². The second-order valence-corrected chi connectivity index (χ2v) is 5.70. The zero-order valence-corrected chi connectivity index (χ0v) is 13.7. The van der Waals surface area contributed by atoms with Crippen LogP contribution in [0.5, 0.6) is 5.75 Å². The average molecular weight is 355 g/mol. The number of amides is 1. The van der Waals surface area contributed by atoms with Gasteiger partial charge in [-0.05, 0) is 29.8 Å². The molecule has 3 N–H and O–H groups in total.